The van der Waals surface area contributed by atoms with Crippen LogP contribution < -0.4 is 9.92 Å². The predicted molar refractivity (Wildman–Crippen MR) is 143 cm³/mol. The summed E-state index contributed by atoms with van der Waals surface area (Å²) in [6.07, 6.45) is 1.84. The molecule has 0 N–H and O–H groups in total. The maximum atomic E-state index is 6.47. The molecule has 0 aliphatic heterocycles. The van der Waals surface area contributed by atoms with Gasteiger partial charge in [-0.3, -0.25) is 0 Å². The van der Waals surface area contributed by atoms with Crippen LogP contribution in [0.25, 0.3) is 22.3 Å². The summed E-state index contributed by atoms with van der Waals surface area (Å²) in [5.41, 5.74) is 9.68. The lowest BCUT2D eigenvalue weighted by molar-refractivity contribution is 0.367. The Labute approximate surface area is 198 Å². The number of aryl methyl sites for hydroxylation is 1. The fourth-order valence-electron chi connectivity index (χ4n) is 5.47. The minimum atomic E-state index is -2.10. The summed E-state index contributed by atoms with van der Waals surface area (Å²) in [6.45, 7) is 11.6. The molecule has 0 amide bonds. The van der Waals surface area contributed by atoms with Gasteiger partial charge < -0.3 is 4.74 Å². The average Bonchev–Trinajstić information content (AvgIpc) is 3.18. The number of hydrogen-bond donors (Lipinski definition) is 0. The van der Waals surface area contributed by atoms with E-state index in [4.69, 9.17) is 4.74 Å². The topological polar surface area (TPSA) is 9.23 Å². The molecule has 0 saturated heterocycles. The molecule has 4 aromatic rings. The third-order valence-corrected chi connectivity index (χ3v) is 10.7. The van der Waals surface area contributed by atoms with Crippen LogP contribution in [0.4, 0.5) is 0 Å². The first kappa shape index (κ1) is 21.5. The van der Waals surface area contributed by atoms with Crippen LogP contribution in [0, 0.1) is 6.92 Å². The third kappa shape index (κ3) is 3.65. The molecule has 0 bridgehead atoms. The van der Waals surface area contributed by atoms with Gasteiger partial charge in [-0.05, 0) is 46.0 Å². The van der Waals surface area contributed by atoms with Crippen molar-refractivity contribution >= 4 is 13.3 Å². The number of hydrogen-bond acceptors (Lipinski definition) is 1. The smallest absolute Gasteiger partial charge is 0.126 e. The quantitative estimate of drug-likeness (QED) is 0.220. The van der Waals surface area contributed by atoms with Gasteiger partial charge in [0.25, 0.3) is 0 Å². The van der Waals surface area contributed by atoms with Crippen molar-refractivity contribution in [1.29, 1.82) is 0 Å². The fourth-order valence-corrected chi connectivity index (χ4v) is 9.23. The zero-order valence-corrected chi connectivity index (χ0v) is 20.6. The lowest BCUT2D eigenvalue weighted by Gasteiger charge is -2.34. The van der Waals surface area contributed by atoms with Gasteiger partial charge >= 0.3 is 0 Å². The first-order valence-electron chi connectivity index (χ1n) is 11.6. The van der Waals surface area contributed by atoms with Crippen LogP contribution in [0.5, 0.6) is 5.75 Å². The van der Waals surface area contributed by atoms with Crippen molar-refractivity contribution in [2.75, 3.05) is 6.61 Å². The predicted octanol–water partition coefficient (Wildman–Crippen LogP) is 7.49. The molecule has 164 valence electrons. The van der Waals surface area contributed by atoms with E-state index in [1.54, 1.807) is 0 Å². The lowest BCUT2D eigenvalue weighted by Crippen LogP contribution is -2.48. The van der Waals surface area contributed by atoms with Crippen LogP contribution in [0.1, 0.15) is 22.2 Å². The summed E-state index contributed by atoms with van der Waals surface area (Å²) in [5, 5.41) is 1.37. The van der Waals surface area contributed by atoms with Crippen LogP contribution in [0.2, 0.25) is 13.1 Å². The molecule has 0 spiro atoms. The molecule has 5 rings (SSSR count). The van der Waals surface area contributed by atoms with Gasteiger partial charge in [0, 0.05) is 11.1 Å². The Balaban J connectivity index is 1.75. The molecule has 1 nitrogen and oxygen atoms in total. The van der Waals surface area contributed by atoms with Crippen LogP contribution in [-0.2, 0) is 0 Å². The molecular formula is C31H30OSi. The summed E-state index contributed by atoms with van der Waals surface area (Å²) in [7, 11) is -2.10. The Morgan fingerprint density at radius 3 is 1.97 bits per heavy atom. The summed E-state index contributed by atoms with van der Waals surface area (Å²) in [5.74, 6) is 1.02. The van der Waals surface area contributed by atoms with Gasteiger partial charge in [-0.2, -0.15) is 0 Å². The highest BCUT2D eigenvalue weighted by Crippen LogP contribution is 2.49. The molecule has 0 aromatic heterocycles. The Morgan fingerprint density at radius 1 is 0.788 bits per heavy atom. The number of ether oxygens (including phenoxy) is 1. The van der Waals surface area contributed by atoms with Crippen molar-refractivity contribution < 1.29 is 4.74 Å². The fraction of sp³-hybridized carbons (Fsp3) is 0.161. The van der Waals surface area contributed by atoms with E-state index in [-0.39, 0.29) is 0 Å². The molecule has 0 fully saturated rings. The standard InChI is InChI=1S/C31H30OSi/c1-5-19-32-30-28(23-13-7-6-8-14-23)20-22(2)21-29(30)33(3,4)31-26-17-11-9-15-24(26)25-16-10-12-18-27(25)31/h5-18,20-21,31H,1,19H2,2-4H3. The Morgan fingerprint density at radius 2 is 1.36 bits per heavy atom. The molecule has 1 aliphatic carbocycles. The molecule has 0 saturated carbocycles. The summed E-state index contributed by atoms with van der Waals surface area (Å²) in [6, 6.07) is 33.1. The second-order valence-corrected chi connectivity index (χ2v) is 14.0. The molecule has 33 heavy (non-hydrogen) atoms. The first-order chi connectivity index (χ1) is 16.0. The third-order valence-electron chi connectivity index (χ3n) is 6.91. The highest BCUT2D eigenvalue weighted by Gasteiger charge is 2.43. The van der Waals surface area contributed by atoms with Gasteiger partial charge in [0.05, 0.1) is 8.07 Å². The molecule has 2 heteroatoms. The highest BCUT2D eigenvalue weighted by molar-refractivity contribution is 6.92. The summed E-state index contributed by atoms with van der Waals surface area (Å²) in [4.78, 5) is 0. The normalized spacial score (nSPS) is 12.8. The van der Waals surface area contributed by atoms with Gasteiger partial charge in [-0.25, -0.2) is 0 Å². The minimum absolute atomic E-state index is 0.376. The Bertz CT molecular complexity index is 1270. The first-order valence-corrected chi connectivity index (χ1v) is 14.7. The average molecular weight is 447 g/mol. The summed E-state index contributed by atoms with van der Waals surface area (Å²) < 4.78 is 6.47. The largest absolute Gasteiger partial charge is 0.489 e. The van der Waals surface area contributed by atoms with Gasteiger partial charge in [0.15, 0.2) is 0 Å². The molecule has 0 heterocycles. The number of benzene rings is 4. The van der Waals surface area contributed by atoms with Crippen LogP contribution in [0.3, 0.4) is 0 Å². The lowest BCUT2D eigenvalue weighted by atomic mass is 10.0. The molecule has 1 aliphatic rings. The molecular weight excluding hydrogens is 416 g/mol. The van der Waals surface area contributed by atoms with Crippen LogP contribution in [-0.4, -0.2) is 14.7 Å². The van der Waals surface area contributed by atoms with Crippen molar-refractivity contribution in [3.8, 4) is 28.0 Å². The van der Waals surface area contributed by atoms with Gasteiger partial charge in [0.1, 0.15) is 12.4 Å². The van der Waals surface area contributed by atoms with E-state index in [0.29, 0.717) is 12.1 Å². The Hall–Kier alpha value is -3.36. The highest BCUT2D eigenvalue weighted by atomic mass is 28.3. The number of fused-ring (bicyclic) bond motifs is 3. The second-order valence-electron chi connectivity index (χ2n) is 9.48. The maximum Gasteiger partial charge on any atom is 0.126 e. The monoisotopic (exact) mass is 446 g/mol. The zero-order chi connectivity index (χ0) is 23.0. The SMILES string of the molecule is C=CCOc1c(-c2ccccc2)cc(C)cc1[Si](C)(C)C1c2ccccc2-c2ccccc21. The van der Waals surface area contributed by atoms with E-state index in [1.165, 1.54) is 44.1 Å². The maximum absolute atomic E-state index is 6.47. The Kier molecular flexibility index (Phi) is 5.55. The molecule has 4 aromatic carbocycles. The van der Waals surface area contributed by atoms with E-state index < -0.39 is 8.07 Å². The van der Waals surface area contributed by atoms with Gasteiger partial charge in [-0.15, -0.1) is 0 Å². The van der Waals surface area contributed by atoms with Crippen molar-refractivity contribution in [3.63, 3.8) is 0 Å². The van der Waals surface area contributed by atoms with E-state index >= 15 is 0 Å². The van der Waals surface area contributed by atoms with E-state index in [1.807, 2.05) is 6.08 Å². The van der Waals surface area contributed by atoms with Crippen molar-refractivity contribution in [2.24, 2.45) is 0 Å². The van der Waals surface area contributed by atoms with Gasteiger partial charge in [-0.1, -0.05) is 116 Å². The van der Waals surface area contributed by atoms with Gasteiger partial charge in [0.2, 0.25) is 0 Å². The van der Waals surface area contributed by atoms with Crippen molar-refractivity contribution in [1.82, 2.24) is 0 Å². The molecule has 0 radical (unpaired) electrons. The van der Waals surface area contributed by atoms with E-state index in [0.717, 1.165) is 5.75 Å². The van der Waals surface area contributed by atoms with E-state index in [9.17, 15) is 0 Å². The minimum Gasteiger partial charge on any atom is -0.489 e. The van der Waals surface area contributed by atoms with Crippen LogP contribution >= 0.6 is 0 Å². The zero-order valence-electron chi connectivity index (χ0n) is 19.6. The molecule has 0 atom stereocenters. The molecule has 0 unspecified atom stereocenters. The van der Waals surface area contributed by atoms with Crippen molar-refractivity contribution in [3.05, 3.63) is 120 Å². The van der Waals surface area contributed by atoms with Crippen molar-refractivity contribution in [2.45, 2.75) is 25.6 Å². The van der Waals surface area contributed by atoms with E-state index in [2.05, 4.69) is 118 Å². The summed E-state index contributed by atoms with van der Waals surface area (Å²) >= 11 is 0. The second kappa shape index (κ2) is 8.53. The van der Waals surface area contributed by atoms with Crippen LogP contribution in [0.15, 0.2) is 104 Å². The number of rotatable bonds is 6.